The Morgan fingerprint density at radius 1 is 1.22 bits per heavy atom. The van der Waals surface area contributed by atoms with E-state index in [1.54, 1.807) is 0 Å². The van der Waals surface area contributed by atoms with Crippen LogP contribution in [0.2, 0.25) is 0 Å². The number of thiazole rings is 1. The molecular formula is C21H26N2O3S. The molecule has 5 nitrogen and oxygen atoms in total. The van der Waals surface area contributed by atoms with Gasteiger partial charge in [-0.3, -0.25) is 4.79 Å². The van der Waals surface area contributed by atoms with E-state index in [1.807, 2.05) is 11.8 Å². The van der Waals surface area contributed by atoms with Crippen molar-refractivity contribution in [3.8, 4) is 10.6 Å². The van der Waals surface area contributed by atoms with Crippen molar-refractivity contribution in [2.45, 2.75) is 39.9 Å². The number of aromatic nitrogens is 1. The summed E-state index contributed by atoms with van der Waals surface area (Å²) in [6, 6.07) is 6.35. The molecule has 0 aliphatic carbocycles. The molecule has 2 aromatic rings. The number of hydrogen-bond donors (Lipinski definition) is 0. The summed E-state index contributed by atoms with van der Waals surface area (Å²) in [6.07, 6.45) is 1.87. The fourth-order valence-electron chi connectivity index (χ4n) is 3.97. The van der Waals surface area contributed by atoms with E-state index >= 15 is 0 Å². The number of carbonyl (C=O) groups is 1. The van der Waals surface area contributed by atoms with Crippen LogP contribution in [0, 0.1) is 26.7 Å². The highest BCUT2D eigenvalue weighted by molar-refractivity contribution is 7.17. The summed E-state index contributed by atoms with van der Waals surface area (Å²) in [7, 11) is 0. The molecule has 2 fully saturated rings. The second kappa shape index (κ2) is 7.70. The van der Waals surface area contributed by atoms with E-state index in [0.29, 0.717) is 19.8 Å². The highest BCUT2D eigenvalue weighted by atomic mass is 32.1. The lowest BCUT2D eigenvalue weighted by atomic mass is 9.97. The van der Waals surface area contributed by atoms with Crippen molar-refractivity contribution >= 4 is 17.2 Å². The first-order valence-electron chi connectivity index (χ1n) is 9.60. The van der Waals surface area contributed by atoms with Crippen molar-refractivity contribution in [2.24, 2.45) is 5.92 Å². The van der Waals surface area contributed by atoms with E-state index in [4.69, 9.17) is 14.5 Å². The van der Waals surface area contributed by atoms with Gasteiger partial charge in [0.15, 0.2) is 6.29 Å². The zero-order valence-corrected chi connectivity index (χ0v) is 17.0. The summed E-state index contributed by atoms with van der Waals surface area (Å²) < 4.78 is 11.3. The number of piperidine rings is 1. The van der Waals surface area contributed by atoms with Gasteiger partial charge in [-0.1, -0.05) is 23.8 Å². The largest absolute Gasteiger partial charge is 0.350 e. The number of likely N-dealkylation sites (tertiary alicyclic amines) is 1. The Labute approximate surface area is 164 Å². The van der Waals surface area contributed by atoms with Gasteiger partial charge in [0, 0.05) is 24.6 Å². The Morgan fingerprint density at radius 2 is 2.00 bits per heavy atom. The molecule has 27 heavy (non-hydrogen) atoms. The average Bonchev–Trinajstić information content (AvgIpc) is 3.31. The van der Waals surface area contributed by atoms with Crippen LogP contribution < -0.4 is 0 Å². The first kappa shape index (κ1) is 18.6. The van der Waals surface area contributed by atoms with Crippen LogP contribution in [0.1, 0.15) is 39.3 Å². The summed E-state index contributed by atoms with van der Waals surface area (Å²) in [6.45, 7) is 8.91. The first-order valence-corrected chi connectivity index (χ1v) is 10.4. The van der Waals surface area contributed by atoms with Crippen molar-refractivity contribution < 1.29 is 14.3 Å². The number of rotatable bonds is 3. The monoisotopic (exact) mass is 386 g/mol. The van der Waals surface area contributed by atoms with Gasteiger partial charge >= 0.3 is 0 Å². The fourth-order valence-corrected chi connectivity index (χ4v) is 5.10. The van der Waals surface area contributed by atoms with Crippen molar-refractivity contribution in [3.63, 3.8) is 0 Å². The van der Waals surface area contributed by atoms with Crippen LogP contribution in [0.5, 0.6) is 0 Å². The van der Waals surface area contributed by atoms with Gasteiger partial charge in [0.1, 0.15) is 9.88 Å². The normalized spacial score (nSPS) is 21.0. The van der Waals surface area contributed by atoms with Crippen LogP contribution in [-0.2, 0) is 9.47 Å². The summed E-state index contributed by atoms with van der Waals surface area (Å²) in [5.41, 5.74) is 4.35. The topological polar surface area (TPSA) is 51.7 Å². The van der Waals surface area contributed by atoms with Gasteiger partial charge in [-0.15, -0.1) is 11.3 Å². The number of nitrogens with zero attached hydrogens (tertiary/aromatic N) is 2. The van der Waals surface area contributed by atoms with Crippen molar-refractivity contribution in [1.29, 1.82) is 0 Å². The molecule has 1 aromatic heterocycles. The van der Waals surface area contributed by atoms with Gasteiger partial charge in [0.05, 0.1) is 18.9 Å². The minimum Gasteiger partial charge on any atom is -0.350 e. The maximum absolute atomic E-state index is 13.2. The third-order valence-electron chi connectivity index (χ3n) is 5.38. The Balaban J connectivity index is 1.54. The zero-order chi connectivity index (χ0) is 19.0. The maximum Gasteiger partial charge on any atom is 0.265 e. The molecule has 1 aromatic carbocycles. The Bertz CT molecular complexity index is 842. The molecule has 2 saturated heterocycles. The number of benzene rings is 1. The summed E-state index contributed by atoms with van der Waals surface area (Å²) in [5.74, 6) is 0.348. The van der Waals surface area contributed by atoms with Gasteiger partial charge in [0.25, 0.3) is 5.91 Å². The van der Waals surface area contributed by atoms with Crippen LogP contribution >= 0.6 is 11.3 Å². The molecule has 0 radical (unpaired) electrons. The molecule has 0 saturated carbocycles. The van der Waals surface area contributed by atoms with Gasteiger partial charge in [-0.05, 0) is 39.2 Å². The fraction of sp³-hybridized carbons (Fsp3) is 0.524. The molecule has 2 aliphatic rings. The second-order valence-electron chi connectivity index (χ2n) is 7.52. The van der Waals surface area contributed by atoms with E-state index in [2.05, 4.69) is 32.0 Å². The molecule has 0 spiro atoms. The molecule has 6 heteroatoms. The lowest BCUT2D eigenvalue weighted by molar-refractivity contribution is -0.0969. The third-order valence-corrected chi connectivity index (χ3v) is 6.56. The van der Waals surface area contributed by atoms with Crippen LogP contribution in [0.25, 0.3) is 10.6 Å². The number of amides is 1. The molecule has 4 rings (SSSR count). The summed E-state index contributed by atoms with van der Waals surface area (Å²) in [5, 5.41) is 0.921. The minimum atomic E-state index is -0.158. The summed E-state index contributed by atoms with van der Waals surface area (Å²) >= 11 is 1.50. The summed E-state index contributed by atoms with van der Waals surface area (Å²) in [4.78, 5) is 20.6. The molecule has 0 bridgehead atoms. The van der Waals surface area contributed by atoms with Crippen LogP contribution in [0.4, 0.5) is 0 Å². The SMILES string of the molecule is Cc1ccc(-c2nc(C)c(C(=O)N3CCCC(C4OCCO4)C3)s2)c(C)c1. The number of ether oxygens (including phenoxy) is 2. The number of hydrogen-bond acceptors (Lipinski definition) is 5. The molecule has 0 N–H and O–H groups in total. The van der Waals surface area contributed by atoms with Crippen molar-refractivity contribution in [3.05, 3.63) is 39.9 Å². The Morgan fingerprint density at radius 3 is 2.74 bits per heavy atom. The van der Waals surface area contributed by atoms with Gasteiger partial charge in [-0.2, -0.15) is 0 Å². The Hall–Kier alpha value is -1.76. The van der Waals surface area contributed by atoms with Crippen LogP contribution in [0.3, 0.4) is 0 Å². The van der Waals surface area contributed by atoms with Gasteiger partial charge in [-0.25, -0.2) is 4.98 Å². The predicted octanol–water partition coefficient (Wildman–Crippen LogP) is 3.96. The van der Waals surface area contributed by atoms with E-state index in [1.165, 1.54) is 22.5 Å². The third kappa shape index (κ3) is 3.79. The van der Waals surface area contributed by atoms with Crippen LogP contribution in [0.15, 0.2) is 18.2 Å². The maximum atomic E-state index is 13.2. The smallest absolute Gasteiger partial charge is 0.265 e. The average molecular weight is 387 g/mol. The highest BCUT2D eigenvalue weighted by Gasteiger charge is 2.34. The van der Waals surface area contributed by atoms with E-state index in [-0.39, 0.29) is 18.1 Å². The van der Waals surface area contributed by atoms with Crippen LogP contribution in [-0.4, -0.2) is 48.4 Å². The molecule has 1 unspecified atom stereocenters. The van der Waals surface area contributed by atoms with Crippen molar-refractivity contribution in [1.82, 2.24) is 9.88 Å². The quantitative estimate of drug-likeness (QED) is 0.801. The van der Waals surface area contributed by atoms with E-state index in [9.17, 15) is 4.79 Å². The van der Waals surface area contributed by atoms with Gasteiger partial charge < -0.3 is 14.4 Å². The van der Waals surface area contributed by atoms with Gasteiger partial charge in [0.2, 0.25) is 0 Å². The zero-order valence-electron chi connectivity index (χ0n) is 16.2. The van der Waals surface area contributed by atoms with E-state index in [0.717, 1.165) is 40.5 Å². The molecule has 1 atom stereocenters. The van der Waals surface area contributed by atoms with E-state index < -0.39 is 0 Å². The lowest BCUT2D eigenvalue weighted by Crippen LogP contribution is -2.43. The molecule has 3 heterocycles. The highest BCUT2D eigenvalue weighted by Crippen LogP contribution is 2.33. The minimum absolute atomic E-state index is 0.0868. The van der Waals surface area contributed by atoms with Crippen molar-refractivity contribution in [2.75, 3.05) is 26.3 Å². The molecular weight excluding hydrogens is 360 g/mol. The lowest BCUT2D eigenvalue weighted by Gasteiger charge is -2.34. The Kier molecular flexibility index (Phi) is 5.30. The predicted molar refractivity (Wildman–Crippen MR) is 106 cm³/mol. The first-order chi connectivity index (χ1) is 13.0. The molecule has 1 amide bonds. The number of aryl methyl sites for hydroxylation is 3. The molecule has 2 aliphatic heterocycles. The number of carbonyl (C=O) groups excluding carboxylic acids is 1. The molecule has 144 valence electrons. The standard InChI is InChI=1S/C21H26N2O3S/c1-13-6-7-17(14(2)11-13)19-22-15(3)18(27-19)20(24)23-8-4-5-16(12-23)21-25-9-10-26-21/h6-7,11,16,21H,4-5,8-10,12H2,1-3H3. The second-order valence-corrected chi connectivity index (χ2v) is 8.51.